The molecule has 6 heteroatoms. The highest BCUT2D eigenvalue weighted by molar-refractivity contribution is 14.2. The molecule has 0 rings (SSSR count). The van der Waals surface area contributed by atoms with Gasteiger partial charge in [0.2, 0.25) is 0 Å². The molecule has 0 saturated carbocycles. The Kier molecular flexibility index (Phi) is 5.06. The summed E-state index contributed by atoms with van der Waals surface area (Å²) in [5.74, 6) is -7.75. The molecule has 0 heterocycles. The lowest BCUT2D eigenvalue weighted by molar-refractivity contribution is -0.210. The molecule has 0 aliphatic heterocycles. The van der Waals surface area contributed by atoms with E-state index in [1.807, 2.05) is 0 Å². The van der Waals surface area contributed by atoms with Gasteiger partial charge in [0.05, 0.1) is 1.93 Å². The van der Waals surface area contributed by atoms with E-state index in [-0.39, 0.29) is 0 Å². The lowest BCUT2D eigenvalue weighted by atomic mass is 10.1. The third-order valence-electron chi connectivity index (χ3n) is 1.39. The first-order chi connectivity index (χ1) is 5.23. The Hall–Kier alpha value is 1.18. The fraction of sp³-hybridized carbons (Fsp3) is 1.00. The van der Waals surface area contributed by atoms with Crippen molar-refractivity contribution in [2.75, 3.05) is 0 Å². The quantitative estimate of drug-likeness (QED) is 0.370. The SMILES string of the molecule is CCC(F)(F)C(F)(F)CC(I)I. The fourth-order valence-corrected chi connectivity index (χ4v) is 1.71. The van der Waals surface area contributed by atoms with Crippen LogP contribution in [0, 0.1) is 0 Å². The van der Waals surface area contributed by atoms with Gasteiger partial charge in [-0.05, 0) is 0 Å². The third-order valence-corrected chi connectivity index (χ3v) is 2.27. The summed E-state index contributed by atoms with van der Waals surface area (Å²) >= 11 is 3.39. The Bertz CT molecular complexity index is 146. The van der Waals surface area contributed by atoms with Crippen LogP contribution in [0.5, 0.6) is 0 Å². The maximum atomic E-state index is 12.7. The maximum absolute atomic E-state index is 12.7. The first-order valence-corrected chi connectivity index (χ1v) is 5.76. The van der Waals surface area contributed by atoms with E-state index in [1.165, 1.54) is 0 Å². The average molecular weight is 410 g/mol. The molecule has 0 N–H and O–H groups in total. The minimum atomic E-state index is -3.88. The topological polar surface area (TPSA) is 0 Å². The smallest absolute Gasteiger partial charge is 0.200 e. The zero-order valence-electron chi connectivity index (χ0n) is 6.26. The number of alkyl halides is 6. The van der Waals surface area contributed by atoms with Gasteiger partial charge >= 0.3 is 11.8 Å². The highest BCUT2D eigenvalue weighted by Crippen LogP contribution is 2.42. The van der Waals surface area contributed by atoms with E-state index in [0.717, 1.165) is 6.92 Å². The molecule has 12 heavy (non-hydrogen) atoms. The van der Waals surface area contributed by atoms with Crippen molar-refractivity contribution in [3.8, 4) is 0 Å². The molecule has 0 amide bonds. The van der Waals surface area contributed by atoms with Gasteiger partial charge in [-0.25, -0.2) is 0 Å². The summed E-state index contributed by atoms with van der Waals surface area (Å²) < 4.78 is 50.0. The summed E-state index contributed by atoms with van der Waals surface area (Å²) in [7, 11) is 0. The van der Waals surface area contributed by atoms with Crippen molar-refractivity contribution in [1.82, 2.24) is 0 Å². The summed E-state index contributed by atoms with van der Waals surface area (Å²) in [6.07, 6.45) is -1.60. The molecule has 0 spiro atoms. The van der Waals surface area contributed by atoms with E-state index in [9.17, 15) is 17.6 Å². The Labute approximate surface area is 95.7 Å². The summed E-state index contributed by atoms with van der Waals surface area (Å²) in [4.78, 5) is 0. The van der Waals surface area contributed by atoms with Crippen LogP contribution in [-0.4, -0.2) is 13.8 Å². The van der Waals surface area contributed by atoms with Gasteiger partial charge < -0.3 is 0 Å². The van der Waals surface area contributed by atoms with Gasteiger partial charge in [0.1, 0.15) is 0 Å². The fourth-order valence-electron chi connectivity index (χ4n) is 0.602. The molecule has 0 unspecified atom stereocenters. The molecule has 0 aromatic heterocycles. The lowest BCUT2D eigenvalue weighted by Gasteiger charge is -2.25. The Balaban J connectivity index is 4.37. The molecule has 0 bridgehead atoms. The van der Waals surface area contributed by atoms with Gasteiger partial charge in [-0.15, -0.1) is 0 Å². The van der Waals surface area contributed by atoms with Crippen molar-refractivity contribution in [3.63, 3.8) is 0 Å². The van der Waals surface area contributed by atoms with Crippen LogP contribution in [0.4, 0.5) is 17.6 Å². The Morgan fingerprint density at radius 1 is 1.08 bits per heavy atom. The minimum Gasteiger partial charge on any atom is -0.200 e. The van der Waals surface area contributed by atoms with E-state index >= 15 is 0 Å². The largest absolute Gasteiger partial charge is 0.311 e. The van der Waals surface area contributed by atoms with Gasteiger partial charge in [0.15, 0.2) is 0 Å². The van der Waals surface area contributed by atoms with E-state index in [1.54, 1.807) is 45.2 Å². The van der Waals surface area contributed by atoms with Crippen LogP contribution in [0.15, 0.2) is 0 Å². The van der Waals surface area contributed by atoms with Crippen molar-refractivity contribution in [2.45, 2.75) is 33.5 Å². The molecule has 0 aliphatic rings. The first kappa shape index (κ1) is 13.2. The zero-order chi connectivity index (χ0) is 9.99. The first-order valence-electron chi connectivity index (χ1n) is 3.26. The number of rotatable bonds is 4. The predicted molar refractivity (Wildman–Crippen MR) is 56.6 cm³/mol. The highest BCUT2D eigenvalue weighted by atomic mass is 127. The van der Waals surface area contributed by atoms with E-state index < -0.39 is 26.6 Å². The number of hydrogen-bond acceptors (Lipinski definition) is 0. The molecular formula is C6H8F4I2. The van der Waals surface area contributed by atoms with Crippen LogP contribution in [0.3, 0.4) is 0 Å². The second kappa shape index (κ2) is 4.61. The minimum absolute atomic E-state index is 0.479. The summed E-state index contributed by atoms with van der Waals surface area (Å²) in [6.45, 7) is 1.06. The zero-order valence-corrected chi connectivity index (χ0v) is 10.6. The highest BCUT2D eigenvalue weighted by Gasteiger charge is 2.54. The standard InChI is InChI=1S/C6H8F4I2/c1-2-5(7,8)6(9,10)3-4(11)12/h4H,2-3H2,1H3. The van der Waals surface area contributed by atoms with Crippen LogP contribution in [-0.2, 0) is 0 Å². The van der Waals surface area contributed by atoms with Gasteiger partial charge in [-0.3, -0.25) is 0 Å². The predicted octanol–water partition coefficient (Wildman–Crippen LogP) is 4.25. The van der Waals surface area contributed by atoms with Gasteiger partial charge in [-0.1, -0.05) is 52.1 Å². The van der Waals surface area contributed by atoms with Crippen LogP contribution in [0.25, 0.3) is 0 Å². The van der Waals surface area contributed by atoms with Crippen molar-refractivity contribution in [1.29, 1.82) is 0 Å². The second-order valence-corrected chi connectivity index (χ2v) is 7.75. The summed E-state index contributed by atoms with van der Waals surface area (Å²) in [5, 5.41) is 0. The molecule has 0 atom stereocenters. The van der Waals surface area contributed by atoms with Crippen molar-refractivity contribution >= 4 is 45.2 Å². The lowest BCUT2D eigenvalue weighted by Crippen LogP contribution is -2.40. The average Bonchev–Trinajstić information content (AvgIpc) is 1.84. The third kappa shape index (κ3) is 3.51. The van der Waals surface area contributed by atoms with Crippen molar-refractivity contribution < 1.29 is 17.6 Å². The monoisotopic (exact) mass is 410 g/mol. The normalized spacial score (nSPS) is 14.0. The van der Waals surface area contributed by atoms with Crippen LogP contribution < -0.4 is 0 Å². The molecule has 0 saturated heterocycles. The molecule has 0 aliphatic carbocycles. The Morgan fingerprint density at radius 3 is 1.75 bits per heavy atom. The van der Waals surface area contributed by atoms with Gasteiger partial charge in [-0.2, -0.15) is 17.6 Å². The van der Waals surface area contributed by atoms with Crippen molar-refractivity contribution in [2.24, 2.45) is 0 Å². The number of halogens is 6. The molecule has 0 fully saturated rings. The molecular weight excluding hydrogens is 402 g/mol. The van der Waals surface area contributed by atoms with E-state index in [2.05, 4.69) is 0 Å². The maximum Gasteiger partial charge on any atom is 0.311 e. The van der Waals surface area contributed by atoms with E-state index in [4.69, 9.17) is 0 Å². The number of hydrogen-bond donors (Lipinski definition) is 0. The van der Waals surface area contributed by atoms with Crippen LogP contribution >= 0.6 is 45.2 Å². The van der Waals surface area contributed by atoms with E-state index in [0.29, 0.717) is 0 Å². The van der Waals surface area contributed by atoms with Gasteiger partial charge in [0, 0.05) is 12.8 Å². The Morgan fingerprint density at radius 2 is 1.50 bits per heavy atom. The molecule has 0 aromatic carbocycles. The molecule has 0 aromatic rings. The molecule has 0 radical (unpaired) electrons. The summed E-state index contributed by atoms with van der Waals surface area (Å²) in [5.41, 5.74) is 0. The van der Waals surface area contributed by atoms with Gasteiger partial charge in [0.25, 0.3) is 0 Å². The second-order valence-electron chi connectivity index (χ2n) is 2.36. The van der Waals surface area contributed by atoms with Crippen molar-refractivity contribution in [3.05, 3.63) is 0 Å². The van der Waals surface area contributed by atoms with Crippen LogP contribution in [0.2, 0.25) is 0 Å². The molecule has 0 nitrogen and oxygen atoms in total. The summed E-state index contributed by atoms with van der Waals surface area (Å²) in [6, 6.07) is 0. The van der Waals surface area contributed by atoms with Crippen LogP contribution in [0.1, 0.15) is 19.8 Å². The molecule has 74 valence electrons.